The number of rotatable bonds is 14. The summed E-state index contributed by atoms with van der Waals surface area (Å²) in [6.45, 7) is 0. The minimum atomic E-state index is 0.546. The zero-order valence-electron chi connectivity index (χ0n) is 77.1. The van der Waals surface area contributed by atoms with Crippen LogP contribution in [0.25, 0.3) is 257 Å². The van der Waals surface area contributed by atoms with Crippen LogP contribution in [0, 0.1) is 0 Å². The van der Waals surface area contributed by atoms with Gasteiger partial charge < -0.3 is 4.57 Å². The van der Waals surface area contributed by atoms with Gasteiger partial charge in [-0.25, -0.2) is 24.9 Å². The molecule has 0 spiro atoms. The molecule has 0 N–H and O–H groups in total. The Kier molecular flexibility index (Phi) is 20.4. The Hall–Kier alpha value is -20.1. The van der Waals surface area contributed by atoms with Crippen LogP contribution in [-0.2, 0) is 0 Å². The topological polar surface area (TPSA) is 197 Å². The van der Waals surface area contributed by atoms with Gasteiger partial charge in [0.25, 0.3) is 0 Å². The number of pyridine rings is 1. The molecule has 0 fully saturated rings. The molecule has 19 heteroatoms. The first kappa shape index (κ1) is 83.3. The van der Waals surface area contributed by atoms with Gasteiger partial charge in [-0.1, -0.05) is 388 Å². The van der Waals surface area contributed by atoms with Crippen molar-refractivity contribution in [2.24, 2.45) is 0 Å². The molecule has 29 rings (SSSR count). The highest BCUT2D eigenvalue weighted by atomic mass is 15.2. The molecule has 0 radical (unpaired) electrons. The molecule has 0 aliphatic rings. The SMILES string of the molecule is c1ccc(-c2nc(-c3ccccc3)nc(-n3c4ccccc4c4c5c6ccccc6n(-c6ccccc6)c5ccc43)n2)cc1.c1ccc(-c2nc(-c3ccccc3)nc(-n3c4ccccc4c4cc5c(cc43)c3ccccc3n5-c3nc(-c4ccccc4)nc(-c4ccccc4)n3)n2)cc1.c1ccc(-c2nc(-c3ccccc3)nc(-n3c4ccccc4c4nc5c(cc43)c3ccccc3n5-c3ccccc3)n2)cc1. The van der Waals surface area contributed by atoms with Crippen LogP contribution in [0.1, 0.15) is 0 Å². The highest BCUT2D eigenvalue weighted by Gasteiger charge is 2.29. The molecular weight excluding hydrogens is 1770 g/mol. The smallest absolute Gasteiger partial charge is 0.238 e. The minimum absolute atomic E-state index is 0.546. The van der Waals surface area contributed by atoms with Gasteiger partial charge in [-0.3, -0.25) is 22.8 Å². The van der Waals surface area contributed by atoms with E-state index in [9.17, 15) is 0 Å². The third-order valence-electron chi connectivity index (χ3n) is 26.8. The molecule has 0 unspecified atom stereocenters. The van der Waals surface area contributed by atoms with E-state index in [2.05, 4.69) is 252 Å². The maximum atomic E-state index is 5.40. The predicted octanol–water partition coefficient (Wildman–Crippen LogP) is 29.1. The molecule has 19 nitrogen and oxygen atoms in total. The van der Waals surface area contributed by atoms with Crippen molar-refractivity contribution in [2.75, 3.05) is 0 Å². The molecule has 0 amide bonds. The van der Waals surface area contributed by atoms with Gasteiger partial charge in [0.2, 0.25) is 23.8 Å². The molecule has 0 aliphatic carbocycles. The highest BCUT2D eigenvalue weighted by molar-refractivity contribution is 6.29. The van der Waals surface area contributed by atoms with E-state index in [1.54, 1.807) is 0 Å². The van der Waals surface area contributed by atoms with Crippen molar-refractivity contribution >= 4 is 131 Å². The number of hydrogen-bond acceptors (Lipinski definition) is 13. The number of para-hydroxylation sites is 8. The van der Waals surface area contributed by atoms with E-state index in [-0.39, 0.29) is 0 Å². The van der Waals surface area contributed by atoms with E-state index < -0.39 is 0 Å². The first-order valence-electron chi connectivity index (χ1n) is 47.8. The van der Waals surface area contributed by atoms with Gasteiger partial charge in [0.05, 0.1) is 66.2 Å². The van der Waals surface area contributed by atoms with Crippen LogP contribution in [0.5, 0.6) is 0 Å². The second-order valence-corrected chi connectivity index (χ2v) is 35.3. The van der Waals surface area contributed by atoms with Crippen molar-refractivity contribution in [3.8, 4) is 126 Å². The molecule has 0 bridgehead atoms. The molecule has 0 atom stereocenters. The molecule has 0 saturated carbocycles. The van der Waals surface area contributed by atoms with E-state index in [0.717, 1.165) is 160 Å². The fourth-order valence-electron chi connectivity index (χ4n) is 20.3. The normalized spacial score (nSPS) is 11.6. The van der Waals surface area contributed by atoms with Crippen molar-refractivity contribution in [1.29, 1.82) is 0 Å². The molecular formula is C125H79N19. The number of benzene rings is 18. The minimum Gasteiger partial charge on any atom is -0.309 e. The lowest BCUT2D eigenvalue weighted by Gasteiger charge is -2.11. The van der Waals surface area contributed by atoms with Gasteiger partial charge in [-0.05, 0) is 91.0 Å². The molecule has 0 saturated heterocycles. The van der Waals surface area contributed by atoms with Crippen LogP contribution >= 0.6 is 0 Å². The van der Waals surface area contributed by atoms with Crippen molar-refractivity contribution < 1.29 is 0 Å². The monoisotopic (exact) mass is 1850 g/mol. The summed E-state index contributed by atoms with van der Waals surface area (Å²) < 4.78 is 13.3. The Morgan fingerprint density at radius 1 is 0.125 bits per heavy atom. The van der Waals surface area contributed by atoms with Crippen LogP contribution in [0.3, 0.4) is 0 Å². The third-order valence-corrected chi connectivity index (χ3v) is 26.8. The standard InChI is InChI=1S/C48H30N8.C39H25N5.C38H24N6/c1-5-17-31(18-6-1)43-49-44(32-19-7-2-8-20-32)52-47(51-43)55-39-27-15-13-25-35(39)37-30-42-38(29-41(37)55)36-26-14-16-28-40(36)56(42)48-53-45(33-21-9-3-10-22-33)50-46(54-48)34-23-11-4-12-24-34;1-4-14-26(15-5-1)37-40-38(27-16-6-2-7-17-27)42-39(41-37)44-32-23-13-11-21-30(32)36-34(44)25-24-33-35(36)29-20-10-12-22-31(29)43(33)28-18-8-3-9-19-28;1-4-14-25(15-5-1)35-40-36(26-16-6-2-7-17-26)42-38(41-35)44-32-23-13-11-21-29(32)34-33(44)24-30-28-20-10-12-22-31(28)43(37(30)39-34)27-18-8-3-9-19-27/h1-30H;1-25H;1-24H. The van der Waals surface area contributed by atoms with E-state index in [1.807, 2.05) is 255 Å². The summed E-state index contributed by atoms with van der Waals surface area (Å²) in [5.41, 5.74) is 22.9. The lowest BCUT2D eigenvalue weighted by Crippen LogP contribution is -2.07. The van der Waals surface area contributed by atoms with Crippen molar-refractivity contribution in [2.45, 2.75) is 0 Å². The van der Waals surface area contributed by atoms with Crippen LogP contribution in [0.4, 0.5) is 0 Å². The van der Waals surface area contributed by atoms with E-state index >= 15 is 0 Å². The van der Waals surface area contributed by atoms with Gasteiger partial charge in [0.1, 0.15) is 5.65 Å². The summed E-state index contributed by atoms with van der Waals surface area (Å²) in [5, 5.41) is 12.3. The number of hydrogen-bond donors (Lipinski definition) is 0. The van der Waals surface area contributed by atoms with Crippen molar-refractivity contribution in [3.63, 3.8) is 0 Å². The van der Waals surface area contributed by atoms with Crippen molar-refractivity contribution in [3.05, 3.63) is 479 Å². The predicted molar refractivity (Wildman–Crippen MR) is 580 cm³/mol. The molecule has 29 aromatic rings. The molecule has 18 aromatic carbocycles. The molecule has 11 aromatic heterocycles. The zero-order valence-corrected chi connectivity index (χ0v) is 77.1. The third kappa shape index (κ3) is 14.5. The van der Waals surface area contributed by atoms with Crippen LogP contribution in [-0.4, -0.2) is 92.2 Å². The molecule has 144 heavy (non-hydrogen) atoms. The molecule has 11 heterocycles. The molecule has 674 valence electrons. The lowest BCUT2D eigenvalue weighted by atomic mass is 10.1. The quantitative estimate of drug-likeness (QED) is 0.0998. The lowest BCUT2D eigenvalue weighted by molar-refractivity contribution is 0.951. The highest BCUT2D eigenvalue weighted by Crippen LogP contribution is 2.46. The first-order valence-corrected chi connectivity index (χ1v) is 47.8. The Labute approximate surface area is 823 Å². The van der Waals surface area contributed by atoms with Gasteiger partial charge in [0.15, 0.2) is 46.6 Å². The summed E-state index contributed by atoms with van der Waals surface area (Å²) in [4.78, 5) is 66.2. The average Bonchev–Trinajstić information content (AvgIpc) is 1.55. The second kappa shape index (κ2) is 35.2. The fourth-order valence-corrected chi connectivity index (χ4v) is 20.3. The summed E-state index contributed by atoms with van der Waals surface area (Å²) in [6.07, 6.45) is 0. The first-order chi connectivity index (χ1) is 71.4. The van der Waals surface area contributed by atoms with E-state index in [4.69, 9.17) is 64.8 Å². The van der Waals surface area contributed by atoms with E-state index in [0.29, 0.717) is 70.4 Å². The van der Waals surface area contributed by atoms with Crippen LogP contribution in [0.15, 0.2) is 479 Å². The van der Waals surface area contributed by atoms with Gasteiger partial charge in [-0.15, -0.1) is 0 Å². The maximum Gasteiger partial charge on any atom is 0.238 e. The van der Waals surface area contributed by atoms with Gasteiger partial charge >= 0.3 is 0 Å². The Bertz CT molecular complexity index is 9380. The Morgan fingerprint density at radius 2 is 0.333 bits per heavy atom. The van der Waals surface area contributed by atoms with Crippen LogP contribution < -0.4 is 0 Å². The summed E-state index contributed by atoms with van der Waals surface area (Å²) in [6, 6.07) is 164. The van der Waals surface area contributed by atoms with Gasteiger partial charge in [0, 0.05) is 115 Å². The zero-order chi connectivity index (χ0) is 95.1. The van der Waals surface area contributed by atoms with Crippen molar-refractivity contribution in [1.82, 2.24) is 92.2 Å². The summed E-state index contributed by atoms with van der Waals surface area (Å²) in [5.74, 6) is 7.19. The molecule has 0 aliphatic heterocycles. The maximum absolute atomic E-state index is 5.40. The Balaban J connectivity index is 0.000000109. The van der Waals surface area contributed by atoms with E-state index in [1.165, 1.54) is 27.2 Å². The second-order valence-electron chi connectivity index (χ2n) is 35.3. The average molecular weight is 1850 g/mol. The number of aromatic nitrogens is 19. The summed E-state index contributed by atoms with van der Waals surface area (Å²) >= 11 is 0. The van der Waals surface area contributed by atoms with Gasteiger partial charge in [-0.2, -0.15) is 39.9 Å². The number of fused-ring (bicyclic) bond motifs is 19. The van der Waals surface area contributed by atoms with Crippen LogP contribution in [0.2, 0.25) is 0 Å². The largest absolute Gasteiger partial charge is 0.309 e. The fraction of sp³-hybridized carbons (Fsp3) is 0. The summed E-state index contributed by atoms with van der Waals surface area (Å²) in [7, 11) is 0. The Morgan fingerprint density at radius 3 is 0.646 bits per heavy atom. The number of nitrogens with zero attached hydrogens (tertiary/aromatic N) is 19.